The van der Waals surface area contributed by atoms with Gasteiger partial charge in [0.2, 0.25) is 0 Å². The summed E-state index contributed by atoms with van der Waals surface area (Å²) in [6, 6.07) is 8.26. The Morgan fingerprint density at radius 1 is 1.29 bits per heavy atom. The molecule has 2 fully saturated rings. The lowest BCUT2D eigenvalue weighted by Crippen LogP contribution is -2.55. The molecule has 0 unspecified atom stereocenters. The molecule has 1 aromatic rings. The molecule has 1 aromatic carbocycles. The first-order valence-corrected chi connectivity index (χ1v) is 7.89. The highest BCUT2D eigenvalue weighted by Gasteiger charge is 2.43. The van der Waals surface area contributed by atoms with Crippen LogP contribution in [0.2, 0.25) is 0 Å². The van der Waals surface area contributed by atoms with E-state index >= 15 is 0 Å². The maximum absolute atomic E-state index is 10.3. The Morgan fingerprint density at radius 2 is 2.00 bits per heavy atom. The predicted molar refractivity (Wildman–Crippen MR) is 81.4 cm³/mol. The van der Waals surface area contributed by atoms with E-state index in [0.29, 0.717) is 0 Å². The smallest absolute Gasteiger partial charge is 0.118 e. The Bertz CT molecular complexity index is 452. The molecule has 3 rings (SSSR count). The van der Waals surface area contributed by atoms with Crippen LogP contribution in [0.3, 0.4) is 0 Å². The van der Waals surface area contributed by atoms with Gasteiger partial charge in [0, 0.05) is 26.2 Å². The van der Waals surface area contributed by atoms with Gasteiger partial charge in [0.05, 0.1) is 18.8 Å². The minimum Gasteiger partial charge on any atom is -0.497 e. The second kappa shape index (κ2) is 6.34. The number of rotatable bonds is 3. The largest absolute Gasteiger partial charge is 0.497 e. The Kier molecular flexibility index (Phi) is 4.48. The van der Waals surface area contributed by atoms with Crippen LogP contribution in [0.15, 0.2) is 24.3 Å². The van der Waals surface area contributed by atoms with Gasteiger partial charge in [-0.2, -0.15) is 0 Å². The number of methoxy groups -OCH3 is 1. The van der Waals surface area contributed by atoms with Crippen LogP contribution in [-0.4, -0.2) is 48.5 Å². The molecule has 21 heavy (non-hydrogen) atoms. The first-order chi connectivity index (χ1) is 10.2. The van der Waals surface area contributed by atoms with Crippen molar-refractivity contribution < 1.29 is 14.6 Å². The number of hydrogen-bond acceptors (Lipinski definition) is 4. The predicted octanol–water partition coefficient (Wildman–Crippen LogP) is 2.20. The van der Waals surface area contributed by atoms with Gasteiger partial charge < -0.3 is 14.6 Å². The van der Waals surface area contributed by atoms with Crippen LogP contribution in [0.5, 0.6) is 5.75 Å². The van der Waals surface area contributed by atoms with Crippen molar-refractivity contribution >= 4 is 0 Å². The van der Waals surface area contributed by atoms with Crippen LogP contribution in [-0.2, 0) is 11.3 Å². The minimum atomic E-state index is -0.283. The van der Waals surface area contributed by atoms with E-state index in [1.54, 1.807) is 7.11 Å². The molecule has 0 radical (unpaired) electrons. The lowest BCUT2D eigenvalue weighted by molar-refractivity contribution is -0.177. The maximum Gasteiger partial charge on any atom is 0.118 e. The van der Waals surface area contributed by atoms with Gasteiger partial charge in [0.25, 0.3) is 0 Å². The van der Waals surface area contributed by atoms with Gasteiger partial charge in [-0.3, -0.25) is 4.90 Å². The van der Waals surface area contributed by atoms with E-state index in [9.17, 15) is 5.11 Å². The van der Waals surface area contributed by atoms with Crippen LogP contribution in [0.4, 0.5) is 0 Å². The molecule has 0 bridgehead atoms. The molecule has 0 aliphatic carbocycles. The third-order valence-electron chi connectivity index (χ3n) is 4.89. The second-order valence-electron chi connectivity index (χ2n) is 6.20. The molecule has 116 valence electrons. The molecule has 4 nitrogen and oxygen atoms in total. The van der Waals surface area contributed by atoms with Crippen molar-refractivity contribution in [1.82, 2.24) is 4.90 Å². The number of ether oxygens (including phenoxy) is 2. The summed E-state index contributed by atoms with van der Waals surface area (Å²) in [6.07, 6.45) is 3.46. The van der Waals surface area contributed by atoms with Crippen molar-refractivity contribution in [2.45, 2.75) is 43.9 Å². The molecule has 0 amide bonds. The molecule has 2 saturated heterocycles. The summed E-state index contributed by atoms with van der Waals surface area (Å²) in [5.74, 6) is 0.898. The monoisotopic (exact) mass is 291 g/mol. The first kappa shape index (κ1) is 14.8. The Balaban J connectivity index is 1.55. The van der Waals surface area contributed by atoms with Gasteiger partial charge in [-0.05, 0) is 43.4 Å². The summed E-state index contributed by atoms with van der Waals surface area (Å²) in [6.45, 7) is 3.73. The molecular formula is C17H25NO3. The van der Waals surface area contributed by atoms with Crippen LogP contribution in [0, 0.1) is 0 Å². The number of aliphatic hydroxyl groups is 1. The SMILES string of the molecule is COc1ccc(CN2CCC3(CC2)OCCC[C@H]3O)cc1. The fourth-order valence-electron chi connectivity index (χ4n) is 3.47. The summed E-state index contributed by atoms with van der Waals surface area (Å²) >= 11 is 0. The molecule has 0 saturated carbocycles. The number of hydrogen-bond donors (Lipinski definition) is 1. The minimum absolute atomic E-state index is 0.269. The molecular weight excluding hydrogens is 266 g/mol. The first-order valence-electron chi connectivity index (χ1n) is 7.89. The van der Waals surface area contributed by atoms with Crippen molar-refractivity contribution in [3.05, 3.63) is 29.8 Å². The summed E-state index contributed by atoms with van der Waals surface area (Å²) in [5.41, 5.74) is 1.03. The van der Waals surface area contributed by atoms with Gasteiger partial charge >= 0.3 is 0 Å². The normalized spacial score (nSPS) is 25.9. The van der Waals surface area contributed by atoms with Crippen molar-refractivity contribution in [3.63, 3.8) is 0 Å². The standard InChI is InChI=1S/C17H25NO3/c1-20-15-6-4-14(5-7-15)13-18-10-8-17(9-11-18)16(19)3-2-12-21-17/h4-7,16,19H,2-3,8-13H2,1H3/t16-/m1/s1. The lowest BCUT2D eigenvalue weighted by Gasteiger charge is -2.46. The number of piperidine rings is 1. The fraction of sp³-hybridized carbons (Fsp3) is 0.647. The molecule has 4 heteroatoms. The zero-order valence-corrected chi connectivity index (χ0v) is 12.8. The zero-order chi connectivity index (χ0) is 14.7. The highest BCUT2D eigenvalue weighted by Crippen LogP contribution is 2.35. The zero-order valence-electron chi connectivity index (χ0n) is 12.8. The molecule has 0 aromatic heterocycles. The summed E-state index contributed by atoms with van der Waals surface area (Å²) in [7, 11) is 1.69. The van der Waals surface area contributed by atoms with Crippen molar-refractivity contribution in [1.29, 1.82) is 0 Å². The van der Waals surface area contributed by atoms with Gasteiger partial charge in [-0.15, -0.1) is 0 Å². The summed E-state index contributed by atoms with van der Waals surface area (Å²) in [5, 5.41) is 10.3. The third-order valence-corrected chi connectivity index (χ3v) is 4.89. The van der Waals surface area contributed by atoms with Crippen molar-refractivity contribution in [3.8, 4) is 5.75 Å². The quantitative estimate of drug-likeness (QED) is 0.927. The van der Waals surface area contributed by atoms with Gasteiger partial charge in [-0.1, -0.05) is 12.1 Å². The number of aliphatic hydroxyl groups excluding tert-OH is 1. The van der Waals surface area contributed by atoms with Crippen molar-refractivity contribution in [2.75, 3.05) is 26.8 Å². The molecule has 1 atom stereocenters. The fourth-order valence-corrected chi connectivity index (χ4v) is 3.47. The highest BCUT2D eigenvalue weighted by atomic mass is 16.5. The molecule has 1 N–H and O–H groups in total. The number of likely N-dealkylation sites (tertiary alicyclic amines) is 1. The summed E-state index contributed by atoms with van der Waals surface area (Å²) in [4.78, 5) is 2.44. The Hall–Kier alpha value is -1.10. The summed E-state index contributed by atoms with van der Waals surface area (Å²) < 4.78 is 11.1. The van der Waals surface area contributed by atoms with Crippen LogP contribution in [0.25, 0.3) is 0 Å². The van der Waals surface area contributed by atoms with E-state index in [2.05, 4.69) is 17.0 Å². The van der Waals surface area contributed by atoms with Crippen molar-refractivity contribution in [2.24, 2.45) is 0 Å². The maximum atomic E-state index is 10.3. The average molecular weight is 291 g/mol. The van der Waals surface area contributed by atoms with Gasteiger partial charge in [-0.25, -0.2) is 0 Å². The van der Waals surface area contributed by atoms with E-state index < -0.39 is 0 Å². The highest BCUT2D eigenvalue weighted by molar-refractivity contribution is 5.27. The number of nitrogens with zero attached hydrogens (tertiary/aromatic N) is 1. The molecule has 1 spiro atoms. The van der Waals surface area contributed by atoms with Crippen LogP contribution < -0.4 is 4.74 Å². The molecule has 2 aliphatic heterocycles. The average Bonchev–Trinajstić information content (AvgIpc) is 2.53. The van der Waals surface area contributed by atoms with E-state index in [0.717, 1.165) is 57.7 Å². The van der Waals surface area contributed by atoms with Crippen LogP contribution in [0.1, 0.15) is 31.2 Å². The van der Waals surface area contributed by atoms with Crippen LogP contribution >= 0.6 is 0 Å². The van der Waals surface area contributed by atoms with E-state index in [-0.39, 0.29) is 11.7 Å². The van der Waals surface area contributed by atoms with E-state index in [4.69, 9.17) is 9.47 Å². The van der Waals surface area contributed by atoms with E-state index in [1.165, 1.54) is 5.56 Å². The number of benzene rings is 1. The van der Waals surface area contributed by atoms with E-state index in [1.807, 2.05) is 12.1 Å². The molecule has 2 heterocycles. The Morgan fingerprint density at radius 3 is 2.62 bits per heavy atom. The van der Waals surface area contributed by atoms with Gasteiger partial charge in [0.15, 0.2) is 0 Å². The lowest BCUT2D eigenvalue weighted by atomic mass is 9.82. The second-order valence-corrected chi connectivity index (χ2v) is 6.20. The third kappa shape index (κ3) is 3.23. The Labute approximate surface area is 126 Å². The molecule has 2 aliphatic rings. The topological polar surface area (TPSA) is 41.9 Å². The van der Waals surface area contributed by atoms with Gasteiger partial charge in [0.1, 0.15) is 5.75 Å².